The standard InChI is InChI=1S/C16H23N3O3.ClH/c1-2-22-14-7-5-13(6-8-14)19-16(21)11-18-15(20)10-17-9-12-3-4-12;/h5-8,12,17H,2-4,9-11H2,1H3,(H,18,20)(H,19,21);1H. The summed E-state index contributed by atoms with van der Waals surface area (Å²) in [7, 11) is 0. The molecule has 1 aromatic rings. The van der Waals surface area contributed by atoms with Crippen LogP contribution in [0.3, 0.4) is 0 Å². The predicted octanol–water partition coefficient (Wildman–Crippen LogP) is 1.56. The molecule has 1 aliphatic carbocycles. The van der Waals surface area contributed by atoms with Crippen molar-refractivity contribution in [1.29, 1.82) is 0 Å². The van der Waals surface area contributed by atoms with E-state index in [-0.39, 0.29) is 37.3 Å². The molecule has 0 saturated heterocycles. The highest BCUT2D eigenvalue weighted by molar-refractivity contribution is 5.94. The molecule has 0 atom stereocenters. The van der Waals surface area contributed by atoms with E-state index in [4.69, 9.17) is 4.74 Å². The molecule has 0 radical (unpaired) electrons. The van der Waals surface area contributed by atoms with Crippen molar-refractivity contribution >= 4 is 29.9 Å². The quantitative estimate of drug-likeness (QED) is 0.637. The van der Waals surface area contributed by atoms with E-state index in [9.17, 15) is 9.59 Å². The number of benzene rings is 1. The molecular weight excluding hydrogens is 318 g/mol. The van der Waals surface area contributed by atoms with Gasteiger partial charge >= 0.3 is 0 Å². The summed E-state index contributed by atoms with van der Waals surface area (Å²) < 4.78 is 5.33. The average Bonchev–Trinajstić information content (AvgIpc) is 3.32. The molecule has 0 unspecified atom stereocenters. The normalized spacial score (nSPS) is 12.9. The van der Waals surface area contributed by atoms with Gasteiger partial charge in [-0.15, -0.1) is 12.4 Å². The van der Waals surface area contributed by atoms with Crippen LogP contribution in [0.5, 0.6) is 5.75 Å². The number of carbonyl (C=O) groups is 2. The Balaban J connectivity index is 0.00000264. The number of amides is 2. The maximum absolute atomic E-state index is 11.7. The molecule has 7 heteroatoms. The van der Waals surface area contributed by atoms with Crippen LogP contribution in [0.4, 0.5) is 5.69 Å². The number of ether oxygens (including phenoxy) is 1. The minimum Gasteiger partial charge on any atom is -0.494 e. The molecule has 0 heterocycles. The Labute approximate surface area is 142 Å². The summed E-state index contributed by atoms with van der Waals surface area (Å²) in [5, 5.41) is 8.39. The van der Waals surface area contributed by atoms with Crippen LogP contribution in [0.1, 0.15) is 19.8 Å². The van der Waals surface area contributed by atoms with Gasteiger partial charge in [-0.2, -0.15) is 0 Å². The smallest absolute Gasteiger partial charge is 0.243 e. The highest BCUT2D eigenvalue weighted by atomic mass is 35.5. The fraction of sp³-hybridized carbons (Fsp3) is 0.500. The van der Waals surface area contributed by atoms with Crippen molar-refractivity contribution in [2.24, 2.45) is 5.92 Å². The van der Waals surface area contributed by atoms with Gasteiger partial charge in [0.25, 0.3) is 0 Å². The molecule has 3 N–H and O–H groups in total. The zero-order valence-electron chi connectivity index (χ0n) is 13.3. The summed E-state index contributed by atoms with van der Waals surface area (Å²) in [5.74, 6) is 1.08. The molecule has 0 bridgehead atoms. The second-order valence-electron chi connectivity index (χ2n) is 5.36. The predicted molar refractivity (Wildman–Crippen MR) is 92.1 cm³/mol. The monoisotopic (exact) mass is 341 g/mol. The van der Waals surface area contributed by atoms with Crippen molar-refractivity contribution in [2.45, 2.75) is 19.8 Å². The SMILES string of the molecule is CCOc1ccc(NC(=O)CNC(=O)CNCC2CC2)cc1.Cl. The largest absolute Gasteiger partial charge is 0.494 e. The zero-order chi connectivity index (χ0) is 15.8. The molecule has 2 amide bonds. The summed E-state index contributed by atoms with van der Waals surface area (Å²) in [6.07, 6.45) is 2.50. The van der Waals surface area contributed by atoms with E-state index in [1.165, 1.54) is 12.8 Å². The summed E-state index contributed by atoms with van der Waals surface area (Å²) in [5.41, 5.74) is 0.676. The first-order chi connectivity index (χ1) is 10.7. The Morgan fingerprint density at radius 2 is 1.83 bits per heavy atom. The number of nitrogens with one attached hydrogen (secondary N) is 3. The van der Waals surface area contributed by atoms with Gasteiger partial charge in [0.05, 0.1) is 19.7 Å². The number of anilines is 1. The van der Waals surface area contributed by atoms with Crippen LogP contribution in [0, 0.1) is 5.92 Å². The van der Waals surface area contributed by atoms with Crippen molar-refractivity contribution in [3.63, 3.8) is 0 Å². The Kier molecular flexibility index (Phi) is 8.43. The fourth-order valence-corrected chi connectivity index (χ4v) is 1.96. The molecule has 2 rings (SSSR count). The van der Waals surface area contributed by atoms with Crippen LogP contribution >= 0.6 is 12.4 Å². The first-order valence-corrected chi connectivity index (χ1v) is 7.67. The molecule has 1 aliphatic rings. The van der Waals surface area contributed by atoms with Crippen LogP contribution in [-0.4, -0.2) is 38.1 Å². The summed E-state index contributed by atoms with van der Waals surface area (Å²) in [4.78, 5) is 23.3. The van der Waals surface area contributed by atoms with E-state index in [2.05, 4.69) is 16.0 Å². The van der Waals surface area contributed by atoms with Crippen molar-refractivity contribution in [2.75, 3.05) is 31.6 Å². The zero-order valence-corrected chi connectivity index (χ0v) is 14.1. The first-order valence-electron chi connectivity index (χ1n) is 7.67. The van der Waals surface area contributed by atoms with E-state index in [0.717, 1.165) is 18.2 Å². The van der Waals surface area contributed by atoms with E-state index < -0.39 is 0 Å². The molecule has 0 aromatic heterocycles. The van der Waals surface area contributed by atoms with Crippen LogP contribution in [-0.2, 0) is 9.59 Å². The number of halogens is 1. The minimum absolute atomic E-state index is 0. The molecular formula is C16H24ClN3O3. The third kappa shape index (κ3) is 7.85. The first kappa shape index (κ1) is 19.3. The van der Waals surface area contributed by atoms with Gasteiger partial charge in [-0.1, -0.05) is 0 Å². The molecule has 23 heavy (non-hydrogen) atoms. The molecule has 0 spiro atoms. The molecule has 128 valence electrons. The molecule has 1 aromatic carbocycles. The third-order valence-corrected chi connectivity index (χ3v) is 3.31. The minimum atomic E-state index is -0.250. The van der Waals surface area contributed by atoms with E-state index in [1.807, 2.05) is 6.92 Å². The van der Waals surface area contributed by atoms with Crippen LogP contribution in [0.15, 0.2) is 24.3 Å². The lowest BCUT2D eigenvalue weighted by molar-refractivity contribution is -0.123. The van der Waals surface area contributed by atoms with Gasteiger partial charge in [0.1, 0.15) is 5.75 Å². The number of rotatable bonds is 9. The van der Waals surface area contributed by atoms with Crippen LogP contribution in [0.25, 0.3) is 0 Å². The maximum Gasteiger partial charge on any atom is 0.243 e. The molecule has 1 saturated carbocycles. The second kappa shape index (κ2) is 10.1. The third-order valence-electron chi connectivity index (χ3n) is 3.31. The lowest BCUT2D eigenvalue weighted by Gasteiger charge is -2.08. The maximum atomic E-state index is 11.7. The molecule has 6 nitrogen and oxygen atoms in total. The van der Waals surface area contributed by atoms with Gasteiger partial charge in [-0.05, 0) is 56.5 Å². The van der Waals surface area contributed by atoms with Gasteiger partial charge in [-0.3, -0.25) is 9.59 Å². The Hall–Kier alpha value is -1.79. The topological polar surface area (TPSA) is 79.5 Å². The molecule has 0 aliphatic heterocycles. The van der Waals surface area contributed by atoms with Crippen molar-refractivity contribution in [1.82, 2.24) is 10.6 Å². The highest BCUT2D eigenvalue weighted by Crippen LogP contribution is 2.27. The summed E-state index contributed by atoms with van der Waals surface area (Å²) >= 11 is 0. The summed E-state index contributed by atoms with van der Waals surface area (Å²) in [6.45, 7) is 3.63. The lowest BCUT2D eigenvalue weighted by atomic mass is 10.3. The van der Waals surface area contributed by atoms with Gasteiger partial charge in [-0.25, -0.2) is 0 Å². The van der Waals surface area contributed by atoms with E-state index in [0.29, 0.717) is 12.3 Å². The van der Waals surface area contributed by atoms with Gasteiger partial charge in [0.15, 0.2) is 0 Å². The lowest BCUT2D eigenvalue weighted by Crippen LogP contribution is -2.38. The van der Waals surface area contributed by atoms with E-state index >= 15 is 0 Å². The van der Waals surface area contributed by atoms with Crippen molar-refractivity contribution in [3.05, 3.63) is 24.3 Å². The fourth-order valence-electron chi connectivity index (χ4n) is 1.96. The molecule has 1 fully saturated rings. The number of carbonyl (C=O) groups excluding carboxylic acids is 2. The highest BCUT2D eigenvalue weighted by Gasteiger charge is 2.20. The van der Waals surface area contributed by atoms with Crippen LogP contribution in [0.2, 0.25) is 0 Å². The average molecular weight is 342 g/mol. The van der Waals surface area contributed by atoms with Crippen molar-refractivity contribution in [3.8, 4) is 5.75 Å². The van der Waals surface area contributed by atoms with Gasteiger partial charge in [0, 0.05) is 5.69 Å². The summed E-state index contributed by atoms with van der Waals surface area (Å²) in [6, 6.07) is 7.11. The van der Waals surface area contributed by atoms with Gasteiger partial charge < -0.3 is 20.7 Å². The van der Waals surface area contributed by atoms with Crippen LogP contribution < -0.4 is 20.7 Å². The second-order valence-corrected chi connectivity index (χ2v) is 5.36. The van der Waals surface area contributed by atoms with E-state index in [1.54, 1.807) is 24.3 Å². The number of hydrogen-bond acceptors (Lipinski definition) is 4. The van der Waals surface area contributed by atoms with Crippen molar-refractivity contribution < 1.29 is 14.3 Å². The Bertz CT molecular complexity index is 504. The van der Waals surface area contributed by atoms with Gasteiger partial charge in [0.2, 0.25) is 11.8 Å². The Morgan fingerprint density at radius 1 is 1.13 bits per heavy atom. The number of hydrogen-bond donors (Lipinski definition) is 3. The Morgan fingerprint density at radius 3 is 2.43 bits per heavy atom.